The van der Waals surface area contributed by atoms with E-state index in [0.29, 0.717) is 0 Å². The fourth-order valence-corrected chi connectivity index (χ4v) is 0.845. The minimum atomic E-state index is 0.180. The molecule has 9 heavy (non-hydrogen) atoms. The summed E-state index contributed by atoms with van der Waals surface area (Å²) in [4.78, 5) is 3.88. The molecular formula is C6H9ClN2. The second kappa shape index (κ2) is 2.87. The van der Waals surface area contributed by atoms with Gasteiger partial charge in [-0.25, -0.2) is 4.98 Å². The predicted octanol–water partition coefficient (Wildman–Crippen LogP) is 1.51. The molecule has 0 aliphatic rings. The first-order valence-corrected chi connectivity index (χ1v) is 3.32. The van der Waals surface area contributed by atoms with Gasteiger partial charge in [-0.05, 0) is 6.92 Å². The lowest BCUT2D eigenvalue weighted by Gasteiger charge is -2.01. The summed E-state index contributed by atoms with van der Waals surface area (Å²) < 4.78 is 1.96. The average Bonchev–Trinajstić information content (AvgIpc) is 2.15. The van der Waals surface area contributed by atoms with Crippen molar-refractivity contribution in [2.24, 2.45) is 0 Å². The van der Waals surface area contributed by atoms with Crippen molar-refractivity contribution in [3.63, 3.8) is 0 Å². The molecule has 0 N–H and O–H groups in total. The molecule has 0 saturated heterocycles. The van der Waals surface area contributed by atoms with Crippen LogP contribution in [0, 0.1) is 0 Å². The van der Waals surface area contributed by atoms with E-state index < -0.39 is 0 Å². The highest BCUT2D eigenvalue weighted by Crippen LogP contribution is 1.97. The largest absolute Gasteiger partial charge is 0.336 e. The minimum Gasteiger partial charge on any atom is -0.336 e. The zero-order valence-corrected chi connectivity index (χ0v) is 6.04. The van der Waals surface area contributed by atoms with Crippen molar-refractivity contribution in [2.75, 3.05) is 0 Å². The fourth-order valence-electron chi connectivity index (χ4n) is 0.685. The van der Waals surface area contributed by atoms with Crippen LogP contribution >= 0.6 is 11.6 Å². The van der Waals surface area contributed by atoms with Gasteiger partial charge in [-0.1, -0.05) is 0 Å². The zero-order valence-electron chi connectivity index (χ0n) is 5.29. The van der Waals surface area contributed by atoms with Crippen molar-refractivity contribution >= 4 is 11.6 Å². The van der Waals surface area contributed by atoms with Crippen LogP contribution in [0.3, 0.4) is 0 Å². The third-order valence-electron chi connectivity index (χ3n) is 1.02. The lowest BCUT2D eigenvalue weighted by molar-refractivity contribution is 0.685. The van der Waals surface area contributed by atoms with Crippen LogP contribution in [0.5, 0.6) is 0 Å². The number of hydrogen-bond donors (Lipinski definition) is 0. The molecule has 1 heterocycles. The van der Waals surface area contributed by atoms with Crippen LogP contribution in [0.4, 0.5) is 0 Å². The highest BCUT2D eigenvalue weighted by atomic mass is 35.5. The third kappa shape index (κ3) is 2.06. The average molecular weight is 145 g/mol. The Bertz CT molecular complexity index is 158. The molecule has 0 spiro atoms. The molecular weight excluding hydrogens is 136 g/mol. The lowest BCUT2D eigenvalue weighted by Crippen LogP contribution is -2.03. The molecule has 0 amide bonds. The maximum absolute atomic E-state index is 5.72. The van der Waals surface area contributed by atoms with E-state index in [-0.39, 0.29) is 5.38 Å². The monoisotopic (exact) mass is 144 g/mol. The van der Waals surface area contributed by atoms with Gasteiger partial charge in [0.15, 0.2) is 0 Å². The van der Waals surface area contributed by atoms with Gasteiger partial charge in [0, 0.05) is 24.3 Å². The van der Waals surface area contributed by atoms with Crippen LogP contribution in [-0.2, 0) is 6.54 Å². The smallest absolute Gasteiger partial charge is 0.0946 e. The normalized spacial score (nSPS) is 13.6. The molecule has 1 aromatic rings. The van der Waals surface area contributed by atoms with Gasteiger partial charge in [0.25, 0.3) is 0 Å². The Labute approximate surface area is 59.5 Å². The molecule has 1 aromatic heterocycles. The number of alkyl halides is 1. The molecule has 50 valence electrons. The summed E-state index contributed by atoms with van der Waals surface area (Å²) >= 11 is 5.72. The molecule has 0 aromatic carbocycles. The first-order valence-electron chi connectivity index (χ1n) is 2.89. The molecule has 2 nitrogen and oxygen atoms in total. The van der Waals surface area contributed by atoms with Crippen molar-refractivity contribution in [1.82, 2.24) is 9.55 Å². The first-order chi connectivity index (χ1) is 4.29. The van der Waals surface area contributed by atoms with Crippen LogP contribution < -0.4 is 0 Å². The van der Waals surface area contributed by atoms with Gasteiger partial charge in [-0.3, -0.25) is 0 Å². The predicted molar refractivity (Wildman–Crippen MR) is 37.5 cm³/mol. The second-order valence-electron chi connectivity index (χ2n) is 2.04. The van der Waals surface area contributed by atoms with Gasteiger partial charge >= 0.3 is 0 Å². The first kappa shape index (κ1) is 6.62. The van der Waals surface area contributed by atoms with Crippen molar-refractivity contribution < 1.29 is 0 Å². The summed E-state index contributed by atoms with van der Waals surface area (Å²) in [5, 5.41) is 0.180. The standard InChI is InChI=1S/C6H9ClN2/c1-6(7)4-9-3-2-8-5-9/h2-3,5-6H,4H2,1H3. The Morgan fingerprint density at radius 2 is 2.56 bits per heavy atom. The molecule has 1 atom stereocenters. The Hall–Kier alpha value is -0.500. The molecule has 0 bridgehead atoms. The highest BCUT2D eigenvalue weighted by Gasteiger charge is 1.94. The number of rotatable bonds is 2. The quantitative estimate of drug-likeness (QED) is 0.576. The van der Waals surface area contributed by atoms with Crippen molar-refractivity contribution in [3.05, 3.63) is 18.7 Å². The van der Waals surface area contributed by atoms with Crippen LogP contribution in [0.1, 0.15) is 6.92 Å². The van der Waals surface area contributed by atoms with Gasteiger partial charge in [0.05, 0.1) is 6.33 Å². The maximum Gasteiger partial charge on any atom is 0.0946 e. The molecule has 0 saturated carbocycles. The van der Waals surface area contributed by atoms with Crippen molar-refractivity contribution in [3.8, 4) is 0 Å². The van der Waals surface area contributed by atoms with E-state index in [1.54, 1.807) is 12.5 Å². The Morgan fingerprint density at radius 3 is 3.00 bits per heavy atom. The summed E-state index contributed by atoms with van der Waals surface area (Å²) in [7, 11) is 0. The minimum absolute atomic E-state index is 0.180. The van der Waals surface area contributed by atoms with Gasteiger partial charge < -0.3 is 4.57 Å². The van der Waals surface area contributed by atoms with Gasteiger partial charge in [0.2, 0.25) is 0 Å². The Kier molecular flexibility index (Phi) is 2.11. The summed E-state index contributed by atoms with van der Waals surface area (Å²) in [5.74, 6) is 0. The number of nitrogens with zero attached hydrogens (tertiary/aromatic N) is 2. The molecule has 0 aliphatic carbocycles. The van der Waals surface area contributed by atoms with E-state index in [4.69, 9.17) is 11.6 Å². The topological polar surface area (TPSA) is 17.8 Å². The lowest BCUT2D eigenvalue weighted by atomic mass is 10.5. The van der Waals surface area contributed by atoms with Crippen LogP contribution in [0.15, 0.2) is 18.7 Å². The zero-order chi connectivity index (χ0) is 6.69. The van der Waals surface area contributed by atoms with E-state index in [2.05, 4.69) is 4.98 Å². The number of imidazole rings is 1. The highest BCUT2D eigenvalue weighted by molar-refractivity contribution is 6.20. The van der Waals surface area contributed by atoms with E-state index in [1.165, 1.54) is 0 Å². The molecule has 0 aliphatic heterocycles. The van der Waals surface area contributed by atoms with E-state index in [9.17, 15) is 0 Å². The van der Waals surface area contributed by atoms with Crippen LogP contribution in [0.25, 0.3) is 0 Å². The van der Waals surface area contributed by atoms with Crippen molar-refractivity contribution in [1.29, 1.82) is 0 Å². The molecule has 1 rings (SSSR count). The summed E-state index contributed by atoms with van der Waals surface area (Å²) in [6.07, 6.45) is 5.41. The Balaban J connectivity index is 2.48. The van der Waals surface area contributed by atoms with E-state index >= 15 is 0 Å². The van der Waals surface area contributed by atoms with Gasteiger partial charge in [-0.15, -0.1) is 11.6 Å². The Morgan fingerprint density at radius 1 is 1.78 bits per heavy atom. The van der Waals surface area contributed by atoms with E-state index in [0.717, 1.165) is 6.54 Å². The van der Waals surface area contributed by atoms with Crippen LogP contribution in [-0.4, -0.2) is 14.9 Å². The van der Waals surface area contributed by atoms with E-state index in [1.807, 2.05) is 17.7 Å². The number of aromatic nitrogens is 2. The molecule has 1 unspecified atom stereocenters. The maximum atomic E-state index is 5.72. The molecule has 0 radical (unpaired) electrons. The summed E-state index contributed by atoms with van der Waals surface area (Å²) in [6, 6.07) is 0. The third-order valence-corrected chi connectivity index (χ3v) is 1.16. The molecule has 0 fully saturated rings. The SMILES string of the molecule is CC(Cl)Cn1ccnc1. The number of hydrogen-bond acceptors (Lipinski definition) is 1. The second-order valence-corrected chi connectivity index (χ2v) is 2.79. The number of halogens is 1. The summed E-state index contributed by atoms with van der Waals surface area (Å²) in [6.45, 7) is 2.79. The van der Waals surface area contributed by atoms with Gasteiger partial charge in [-0.2, -0.15) is 0 Å². The summed E-state index contributed by atoms with van der Waals surface area (Å²) in [5.41, 5.74) is 0. The van der Waals surface area contributed by atoms with Crippen molar-refractivity contribution in [2.45, 2.75) is 18.8 Å². The molecule has 3 heteroatoms. The van der Waals surface area contributed by atoms with Gasteiger partial charge in [0.1, 0.15) is 0 Å². The van der Waals surface area contributed by atoms with Crippen LogP contribution in [0.2, 0.25) is 0 Å². The fraction of sp³-hybridized carbons (Fsp3) is 0.500.